The van der Waals surface area contributed by atoms with E-state index in [0.29, 0.717) is 12.1 Å². The summed E-state index contributed by atoms with van der Waals surface area (Å²) in [6.07, 6.45) is 0.363. The third kappa shape index (κ3) is 1.96. The minimum absolute atomic E-state index is 0.0931. The number of carbonyl (C=O) groups is 3. The number of benzene rings is 2. The van der Waals surface area contributed by atoms with Gasteiger partial charge in [0.25, 0.3) is 0 Å². The molecule has 1 aliphatic heterocycles. The molecule has 0 spiro atoms. The molecule has 2 bridgehead atoms. The highest BCUT2D eigenvalue weighted by molar-refractivity contribution is 14.1. The number of halogens is 1. The van der Waals surface area contributed by atoms with Crippen molar-refractivity contribution in [1.29, 1.82) is 0 Å². The SMILES string of the molecule is O=C1C[C@H]2c3ccccc3[C@H]1[C@H]1C(=O)N(c3ccc(I)cc3)C(=O)[C@@H]12. The second-order valence-electron chi connectivity index (χ2n) is 6.92. The Morgan fingerprint density at radius 2 is 1.48 bits per heavy atom. The Hall–Kier alpha value is -2.02. The lowest BCUT2D eigenvalue weighted by atomic mass is 9.56. The van der Waals surface area contributed by atoms with Gasteiger partial charge in [-0.15, -0.1) is 0 Å². The van der Waals surface area contributed by atoms with Crippen LogP contribution in [-0.4, -0.2) is 17.6 Å². The van der Waals surface area contributed by atoms with Crippen LogP contribution in [0.5, 0.6) is 0 Å². The van der Waals surface area contributed by atoms with Crippen molar-refractivity contribution in [3.63, 3.8) is 0 Å². The monoisotopic (exact) mass is 443 g/mol. The maximum absolute atomic E-state index is 13.1. The van der Waals surface area contributed by atoms with E-state index in [-0.39, 0.29) is 23.5 Å². The Kier molecular flexibility index (Phi) is 3.20. The zero-order valence-corrected chi connectivity index (χ0v) is 15.3. The lowest BCUT2D eigenvalue weighted by Crippen LogP contribution is -2.44. The van der Waals surface area contributed by atoms with Gasteiger partial charge in [-0.2, -0.15) is 0 Å². The average molecular weight is 443 g/mol. The molecule has 5 heteroatoms. The molecule has 1 heterocycles. The number of Topliss-reactive ketones (excluding diaryl/α,β-unsaturated/α-hetero) is 1. The molecule has 4 atom stereocenters. The van der Waals surface area contributed by atoms with Gasteiger partial charge in [0, 0.05) is 15.9 Å². The molecule has 2 fully saturated rings. The van der Waals surface area contributed by atoms with Gasteiger partial charge >= 0.3 is 0 Å². The van der Waals surface area contributed by atoms with Crippen LogP contribution in [0.3, 0.4) is 0 Å². The zero-order chi connectivity index (χ0) is 17.3. The first-order chi connectivity index (χ1) is 12.1. The van der Waals surface area contributed by atoms with Gasteiger partial charge in [0.1, 0.15) is 5.78 Å². The van der Waals surface area contributed by atoms with Crippen molar-refractivity contribution in [2.45, 2.75) is 18.3 Å². The summed E-state index contributed by atoms with van der Waals surface area (Å²) in [6, 6.07) is 15.1. The van der Waals surface area contributed by atoms with E-state index in [9.17, 15) is 14.4 Å². The summed E-state index contributed by atoms with van der Waals surface area (Å²) in [5, 5.41) is 0. The van der Waals surface area contributed by atoms with Crippen molar-refractivity contribution in [2.24, 2.45) is 11.8 Å². The van der Waals surface area contributed by atoms with Crippen LogP contribution in [0.25, 0.3) is 0 Å². The maximum atomic E-state index is 13.1. The van der Waals surface area contributed by atoms with E-state index in [2.05, 4.69) is 22.6 Å². The largest absolute Gasteiger partial charge is 0.299 e. The number of nitrogens with zero attached hydrogens (tertiary/aromatic N) is 1. The molecular formula is C20H14INO3. The fourth-order valence-corrected chi connectivity index (χ4v) is 5.16. The molecule has 25 heavy (non-hydrogen) atoms. The average Bonchev–Trinajstić information content (AvgIpc) is 2.88. The lowest BCUT2D eigenvalue weighted by molar-refractivity contribution is -0.134. The van der Waals surface area contributed by atoms with Gasteiger partial charge in [-0.1, -0.05) is 24.3 Å². The minimum atomic E-state index is -0.548. The number of fused-ring (bicyclic) bond motifs is 1. The van der Waals surface area contributed by atoms with E-state index < -0.39 is 17.8 Å². The van der Waals surface area contributed by atoms with Gasteiger partial charge in [-0.3, -0.25) is 19.3 Å². The second kappa shape index (κ2) is 5.24. The molecule has 1 saturated heterocycles. The molecule has 6 rings (SSSR count). The van der Waals surface area contributed by atoms with Crippen molar-refractivity contribution < 1.29 is 14.4 Å². The van der Waals surface area contributed by atoms with Crippen LogP contribution < -0.4 is 4.90 Å². The van der Waals surface area contributed by atoms with Crippen LogP contribution in [0.1, 0.15) is 29.4 Å². The smallest absolute Gasteiger partial charge is 0.238 e. The van der Waals surface area contributed by atoms with Crippen molar-refractivity contribution in [3.8, 4) is 0 Å². The molecule has 0 radical (unpaired) electrons. The Bertz CT molecular complexity index is 936. The van der Waals surface area contributed by atoms with E-state index in [0.717, 1.165) is 14.7 Å². The first-order valence-electron chi connectivity index (χ1n) is 8.33. The first-order valence-corrected chi connectivity index (χ1v) is 9.40. The fourth-order valence-electron chi connectivity index (χ4n) is 4.80. The van der Waals surface area contributed by atoms with Crippen molar-refractivity contribution in [3.05, 3.63) is 63.2 Å². The van der Waals surface area contributed by atoms with Gasteiger partial charge < -0.3 is 0 Å². The minimum Gasteiger partial charge on any atom is -0.299 e. The van der Waals surface area contributed by atoms with Crippen molar-refractivity contribution >= 4 is 45.9 Å². The molecule has 4 aliphatic rings. The molecule has 124 valence electrons. The van der Waals surface area contributed by atoms with Gasteiger partial charge in [0.2, 0.25) is 11.8 Å². The summed E-state index contributed by atoms with van der Waals surface area (Å²) in [4.78, 5) is 40.2. The number of amides is 2. The van der Waals surface area contributed by atoms with Crippen LogP contribution in [0.15, 0.2) is 48.5 Å². The number of hydrogen-bond acceptors (Lipinski definition) is 3. The molecule has 2 aromatic rings. The first kappa shape index (κ1) is 15.3. The molecular weight excluding hydrogens is 429 g/mol. The molecule has 4 nitrogen and oxygen atoms in total. The van der Waals surface area contributed by atoms with Gasteiger partial charge in [0.15, 0.2) is 0 Å². The van der Waals surface area contributed by atoms with Crippen molar-refractivity contribution in [1.82, 2.24) is 0 Å². The zero-order valence-electron chi connectivity index (χ0n) is 13.2. The third-order valence-corrected chi connectivity index (χ3v) is 6.49. The van der Waals surface area contributed by atoms with E-state index in [1.807, 2.05) is 36.4 Å². The molecule has 0 unspecified atom stereocenters. The normalized spacial score (nSPS) is 29.8. The number of carbonyl (C=O) groups excluding carboxylic acids is 3. The standard InChI is InChI=1S/C20H14INO3/c21-10-5-7-11(8-6-10)22-19(24)17-14-9-15(23)16(18(17)20(22)25)13-4-2-1-3-12(13)14/h1-8,14,16-18H,9H2/t14-,16+,17+,18+/m0/s1. The quantitative estimate of drug-likeness (QED) is 0.503. The second-order valence-corrected chi connectivity index (χ2v) is 8.17. The Labute approximate surface area is 158 Å². The summed E-state index contributed by atoms with van der Waals surface area (Å²) in [5.41, 5.74) is 2.61. The molecule has 0 N–H and O–H groups in total. The number of hydrogen-bond donors (Lipinski definition) is 0. The molecule has 2 amide bonds. The number of rotatable bonds is 1. The fraction of sp³-hybridized carbons (Fsp3) is 0.250. The van der Waals surface area contributed by atoms with Crippen LogP contribution in [0, 0.1) is 15.4 Å². The third-order valence-electron chi connectivity index (χ3n) is 5.77. The Morgan fingerprint density at radius 1 is 0.840 bits per heavy atom. The molecule has 3 aliphatic carbocycles. The molecule has 1 saturated carbocycles. The highest BCUT2D eigenvalue weighted by atomic mass is 127. The number of anilines is 1. The predicted octanol–water partition coefficient (Wildman–Crippen LogP) is 3.25. The summed E-state index contributed by atoms with van der Waals surface area (Å²) in [5.74, 6) is -1.91. The van der Waals surface area contributed by atoms with Crippen LogP contribution >= 0.6 is 22.6 Å². The maximum Gasteiger partial charge on any atom is 0.238 e. The van der Waals surface area contributed by atoms with Crippen LogP contribution in [-0.2, 0) is 14.4 Å². The Balaban J connectivity index is 1.65. The van der Waals surface area contributed by atoms with E-state index in [4.69, 9.17) is 0 Å². The number of ketones is 1. The topological polar surface area (TPSA) is 54.5 Å². The van der Waals surface area contributed by atoms with Crippen LogP contribution in [0.4, 0.5) is 5.69 Å². The van der Waals surface area contributed by atoms with Crippen molar-refractivity contribution in [2.75, 3.05) is 4.90 Å². The van der Waals surface area contributed by atoms with Gasteiger partial charge in [-0.25, -0.2) is 0 Å². The lowest BCUT2D eigenvalue weighted by Gasteiger charge is -2.43. The highest BCUT2D eigenvalue weighted by Crippen LogP contribution is 2.57. The Morgan fingerprint density at radius 3 is 2.20 bits per heavy atom. The summed E-state index contributed by atoms with van der Waals surface area (Å²) in [6.45, 7) is 0. The van der Waals surface area contributed by atoms with E-state index >= 15 is 0 Å². The molecule has 0 aromatic heterocycles. The van der Waals surface area contributed by atoms with Crippen LogP contribution in [0.2, 0.25) is 0 Å². The van der Waals surface area contributed by atoms with E-state index in [1.165, 1.54) is 4.90 Å². The van der Waals surface area contributed by atoms with Gasteiger partial charge in [0.05, 0.1) is 23.4 Å². The summed E-state index contributed by atoms with van der Waals surface area (Å²) >= 11 is 2.19. The van der Waals surface area contributed by atoms with Gasteiger partial charge in [-0.05, 0) is 58.0 Å². The highest BCUT2D eigenvalue weighted by Gasteiger charge is 2.62. The summed E-state index contributed by atoms with van der Waals surface area (Å²) in [7, 11) is 0. The number of imide groups is 1. The molecule has 2 aromatic carbocycles. The summed E-state index contributed by atoms with van der Waals surface area (Å²) < 4.78 is 1.04. The van der Waals surface area contributed by atoms with E-state index in [1.54, 1.807) is 12.1 Å². The predicted molar refractivity (Wildman–Crippen MR) is 100 cm³/mol.